The van der Waals surface area contributed by atoms with Crippen LogP contribution in [0.25, 0.3) is 11.8 Å². The standard InChI is InChI=1S/C36H45FN4O2/c1-5-14-39-15-17-40(18-16-39)23-32(43)35(3)13-12-29-28-11-6-25-19-30-24(22-38-41(30)27-9-7-26(37)8-10-27)20-34(25,2)33(28)31(42)21-36(29,35)4/h1,7-10,19,22,28-29,31,33,42H,6,11-18,20-21,23H2,2-4H3/t28?,29?,31-,33?,34-,35+,36-/m0/s1. The summed E-state index contributed by atoms with van der Waals surface area (Å²) in [6, 6.07) is 6.50. The molecule has 3 unspecified atom stereocenters. The van der Waals surface area contributed by atoms with Gasteiger partial charge < -0.3 is 5.11 Å². The van der Waals surface area contributed by atoms with Crippen molar-refractivity contribution in [3.05, 3.63) is 53.1 Å². The number of aliphatic hydroxyl groups is 1. The van der Waals surface area contributed by atoms with Gasteiger partial charge in [0.05, 0.1) is 36.8 Å². The summed E-state index contributed by atoms with van der Waals surface area (Å²) in [5.74, 6) is 3.83. The van der Waals surface area contributed by atoms with E-state index in [2.05, 4.69) is 42.6 Å². The van der Waals surface area contributed by atoms with Gasteiger partial charge in [0.15, 0.2) is 5.78 Å². The second-order valence-corrected chi connectivity index (χ2v) is 14.8. The average molecular weight is 585 g/mol. The molecule has 1 aromatic heterocycles. The number of rotatable bonds is 5. The third-order valence-electron chi connectivity index (χ3n) is 12.9. The topological polar surface area (TPSA) is 61.6 Å². The van der Waals surface area contributed by atoms with Gasteiger partial charge in [-0.15, -0.1) is 6.42 Å². The molecule has 1 aliphatic heterocycles. The van der Waals surface area contributed by atoms with Crippen LogP contribution < -0.4 is 0 Å². The Morgan fingerprint density at radius 3 is 2.56 bits per heavy atom. The number of carbonyl (C=O) groups is 1. The summed E-state index contributed by atoms with van der Waals surface area (Å²) >= 11 is 0. The lowest BCUT2D eigenvalue weighted by Gasteiger charge is -2.61. The Balaban J connectivity index is 1.12. The van der Waals surface area contributed by atoms with Gasteiger partial charge in [0, 0.05) is 31.6 Å². The fourth-order valence-corrected chi connectivity index (χ4v) is 10.3. The quantitative estimate of drug-likeness (QED) is 0.502. The van der Waals surface area contributed by atoms with Gasteiger partial charge in [0.1, 0.15) is 5.82 Å². The zero-order valence-electron chi connectivity index (χ0n) is 25.9. The number of halogens is 1. The Morgan fingerprint density at radius 1 is 1.12 bits per heavy atom. The predicted molar refractivity (Wildman–Crippen MR) is 166 cm³/mol. The summed E-state index contributed by atoms with van der Waals surface area (Å²) < 4.78 is 15.5. The molecule has 1 saturated heterocycles. The lowest BCUT2D eigenvalue weighted by atomic mass is 9.44. The summed E-state index contributed by atoms with van der Waals surface area (Å²) in [7, 11) is 0. The monoisotopic (exact) mass is 584 g/mol. The van der Waals surface area contributed by atoms with Crippen LogP contribution in [0.3, 0.4) is 0 Å². The van der Waals surface area contributed by atoms with Crippen molar-refractivity contribution in [2.45, 2.75) is 65.4 Å². The molecule has 1 N–H and O–H groups in total. The van der Waals surface area contributed by atoms with Gasteiger partial charge in [-0.3, -0.25) is 14.6 Å². The van der Waals surface area contributed by atoms with Crippen molar-refractivity contribution in [1.29, 1.82) is 0 Å². The van der Waals surface area contributed by atoms with Gasteiger partial charge in [0.25, 0.3) is 0 Å². The highest BCUT2D eigenvalue weighted by molar-refractivity contribution is 5.87. The van der Waals surface area contributed by atoms with Crippen LogP contribution in [0.2, 0.25) is 0 Å². The fraction of sp³-hybridized carbons (Fsp3) is 0.611. The van der Waals surface area contributed by atoms with Crippen LogP contribution in [0.5, 0.6) is 0 Å². The number of aromatic nitrogens is 2. The number of hydrogen-bond acceptors (Lipinski definition) is 5. The second-order valence-electron chi connectivity index (χ2n) is 14.8. The number of terminal acetylenes is 1. The summed E-state index contributed by atoms with van der Waals surface area (Å²) in [4.78, 5) is 18.7. The van der Waals surface area contributed by atoms with E-state index >= 15 is 0 Å². The molecule has 7 heteroatoms. The Bertz CT molecular complexity index is 1480. The molecule has 1 aromatic carbocycles. The number of piperazine rings is 1. The predicted octanol–water partition coefficient (Wildman–Crippen LogP) is 4.99. The molecule has 0 radical (unpaired) electrons. The number of aliphatic hydroxyl groups excluding tert-OH is 1. The van der Waals surface area contributed by atoms with Crippen molar-refractivity contribution in [2.24, 2.45) is 34.0 Å². The van der Waals surface area contributed by atoms with E-state index in [1.54, 1.807) is 12.1 Å². The average Bonchev–Trinajstić information content (AvgIpc) is 3.50. The minimum atomic E-state index is -0.453. The fourth-order valence-electron chi connectivity index (χ4n) is 10.3. The van der Waals surface area contributed by atoms with Gasteiger partial charge >= 0.3 is 0 Å². The minimum Gasteiger partial charge on any atom is -0.393 e. The zero-order chi connectivity index (χ0) is 30.1. The van der Waals surface area contributed by atoms with Crippen LogP contribution in [0, 0.1) is 52.2 Å². The first-order chi connectivity index (χ1) is 20.6. The summed E-state index contributed by atoms with van der Waals surface area (Å²) in [5, 5.41) is 16.8. The van der Waals surface area contributed by atoms with E-state index < -0.39 is 11.5 Å². The van der Waals surface area contributed by atoms with Crippen LogP contribution in [0.4, 0.5) is 4.39 Å². The lowest BCUT2D eigenvalue weighted by Crippen LogP contribution is -2.60. The third-order valence-corrected chi connectivity index (χ3v) is 12.9. The zero-order valence-corrected chi connectivity index (χ0v) is 25.9. The van der Waals surface area contributed by atoms with Crippen LogP contribution >= 0.6 is 0 Å². The Hall–Kier alpha value is -2.79. The van der Waals surface area contributed by atoms with E-state index in [9.17, 15) is 14.3 Å². The first kappa shape index (κ1) is 29.0. The first-order valence-corrected chi connectivity index (χ1v) is 16.2. The summed E-state index contributed by atoms with van der Waals surface area (Å²) in [5.41, 5.74) is 3.74. The van der Waals surface area contributed by atoms with Crippen LogP contribution in [0.15, 0.2) is 36.0 Å². The summed E-state index contributed by atoms with van der Waals surface area (Å²) in [6.45, 7) is 11.7. The van der Waals surface area contributed by atoms with E-state index in [4.69, 9.17) is 11.5 Å². The molecule has 0 spiro atoms. The molecule has 5 aliphatic rings. The number of fused-ring (bicyclic) bond motifs is 6. The normalized spacial score (nSPS) is 37.4. The minimum absolute atomic E-state index is 0.144. The maximum atomic E-state index is 14.1. The van der Waals surface area contributed by atoms with Gasteiger partial charge in [-0.05, 0) is 103 Å². The molecule has 7 atom stereocenters. The molecular weight excluding hydrogens is 539 g/mol. The van der Waals surface area contributed by atoms with Crippen molar-refractivity contribution in [3.8, 4) is 18.0 Å². The smallest absolute Gasteiger partial charge is 0.153 e. The molecule has 43 heavy (non-hydrogen) atoms. The number of Topliss-reactive ketones (excluding diaryl/α,β-unsaturated/α-hetero) is 1. The Labute approximate surface area is 255 Å². The molecule has 3 saturated carbocycles. The third kappa shape index (κ3) is 4.39. The number of hydrogen-bond donors (Lipinski definition) is 1. The maximum Gasteiger partial charge on any atom is 0.153 e. The molecule has 0 amide bonds. The maximum absolute atomic E-state index is 14.1. The highest BCUT2D eigenvalue weighted by Crippen LogP contribution is 2.70. The SMILES string of the molecule is C#CCN1CCN(CC(=O)[C@@]2(C)CCC3C4CCC5=Cc6c(cnn6-c6ccc(F)cc6)C[C@]5(C)C4[C@@H](O)C[C@@]32C)CC1. The van der Waals surface area contributed by atoms with E-state index in [1.165, 1.54) is 23.3 Å². The molecule has 7 rings (SSSR count). The van der Waals surface area contributed by atoms with E-state index in [-0.39, 0.29) is 22.6 Å². The molecule has 6 nitrogen and oxygen atoms in total. The molecule has 228 valence electrons. The molecular formula is C36H45FN4O2. The summed E-state index contributed by atoms with van der Waals surface area (Å²) in [6.07, 6.45) is 14.9. The van der Waals surface area contributed by atoms with Crippen molar-refractivity contribution in [2.75, 3.05) is 39.3 Å². The van der Waals surface area contributed by atoms with Gasteiger partial charge in [-0.25, -0.2) is 9.07 Å². The Kier molecular flexibility index (Phi) is 7.00. The number of benzene rings is 1. The number of carbonyl (C=O) groups excluding carboxylic acids is 1. The highest BCUT2D eigenvalue weighted by atomic mass is 19.1. The number of allylic oxidation sites excluding steroid dienone is 1. The van der Waals surface area contributed by atoms with Crippen molar-refractivity contribution < 1.29 is 14.3 Å². The largest absolute Gasteiger partial charge is 0.393 e. The van der Waals surface area contributed by atoms with Gasteiger partial charge in [-0.1, -0.05) is 32.3 Å². The van der Waals surface area contributed by atoms with E-state index in [1.807, 2.05) is 10.9 Å². The molecule has 2 heterocycles. The van der Waals surface area contributed by atoms with Crippen LogP contribution in [-0.4, -0.2) is 75.8 Å². The van der Waals surface area contributed by atoms with E-state index in [0.29, 0.717) is 37.1 Å². The molecule has 2 aromatic rings. The molecule has 0 bridgehead atoms. The first-order valence-electron chi connectivity index (χ1n) is 16.2. The van der Waals surface area contributed by atoms with Crippen molar-refractivity contribution in [3.63, 3.8) is 0 Å². The molecule has 4 aliphatic carbocycles. The van der Waals surface area contributed by atoms with Crippen molar-refractivity contribution >= 4 is 11.9 Å². The lowest BCUT2D eigenvalue weighted by molar-refractivity contribution is -0.157. The molecule has 4 fully saturated rings. The van der Waals surface area contributed by atoms with Crippen molar-refractivity contribution in [1.82, 2.24) is 19.6 Å². The highest BCUT2D eigenvalue weighted by Gasteiger charge is 2.67. The van der Waals surface area contributed by atoms with E-state index in [0.717, 1.165) is 69.7 Å². The number of ketones is 1. The Morgan fingerprint density at radius 2 is 1.84 bits per heavy atom. The second kappa shape index (κ2) is 10.4. The van der Waals surface area contributed by atoms with Gasteiger partial charge in [0.2, 0.25) is 0 Å². The van der Waals surface area contributed by atoms with Crippen LogP contribution in [-0.2, 0) is 11.2 Å². The van der Waals surface area contributed by atoms with Crippen LogP contribution in [0.1, 0.15) is 64.1 Å². The number of nitrogens with zero attached hydrogens (tertiary/aromatic N) is 4. The van der Waals surface area contributed by atoms with Gasteiger partial charge in [-0.2, -0.15) is 5.10 Å².